The number of carbonyl (C=O) groups is 1. The second-order valence-corrected chi connectivity index (χ2v) is 9.76. The van der Waals surface area contributed by atoms with Crippen LogP contribution in [0.4, 0.5) is 4.79 Å². The van der Waals surface area contributed by atoms with Crippen LogP contribution in [0.25, 0.3) is 0 Å². The van der Waals surface area contributed by atoms with Crippen molar-refractivity contribution in [2.75, 3.05) is 37.8 Å². The summed E-state index contributed by atoms with van der Waals surface area (Å²) in [7, 11) is -3.03. The molecule has 0 unspecified atom stereocenters. The Morgan fingerprint density at radius 3 is 2.74 bits per heavy atom. The summed E-state index contributed by atoms with van der Waals surface area (Å²) in [5.41, 5.74) is 0.192. The van der Waals surface area contributed by atoms with Crippen LogP contribution in [-0.4, -0.2) is 63.2 Å². The van der Waals surface area contributed by atoms with Crippen LogP contribution in [0.5, 0.6) is 0 Å². The van der Waals surface area contributed by atoms with Crippen LogP contribution >= 0.6 is 0 Å². The highest BCUT2D eigenvalue weighted by Crippen LogP contribution is 2.46. The van der Waals surface area contributed by atoms with Crippen LogP contribution in [0.2, 0.25) is 0 Å². The van der Waals surface area contributed by atoms with Crippen LogP contribution in [0.1, 0.15) is 39.0 Å². The maximum atomic E-state index is 12.7. The monoisotopic (exact) mass is 344 g/mol. The number of sulfone groups is 1. The van der Waals surface area contributed by atoms with Crippen molar-refractivity contribution in [1.29, 1.82) is 0 Å². The second-order valence-electron chi connectivity index (χ2n) is 7.53. The first-order valence-electron chi connectivity index (χ1n) is 8.74. The number of nitrogens with one attached hydrogen (secondary N) is 1. The molecule has 0 bridgehead atoms. The molecule has 2 atom stereocenters. The molecular formula is C16H28N2O4S. The topological polar surface area (TPSA) is 75.7 Å². The summed E-state index contributed by atoms with van der Waals surface area (Å²) in [6.07, 6.45) is 5.36. The quantitative estimate of drug-likeness (QED) is 0.780. The summed E-state index contributed by atoms with van der Waals surface area (Å²) in [5, 5.41) is 3.22. The third-order valence-electron chi connectivity index (χ3n) is 5.72. The van der Waals surface area contributed by atoms with Gasteiger partial charge in [0.15, 0.2) is 9.84 Å². The second kappa shape index (κ2) is 6.59. The Morgan fingerprint density at radius 2 is 2.00 bits per heavy atom. The van der Waals surface area contributed by atoms with E-state index in [9.17, 15) is 13.2 Å². The first kappa shape index (κ1) is 17.0. The lowest BCUT2D eigenvalue weighted by Crippen LogP contribution is -2.52. The standard InChI is InChI=1S/C16H28N2O4S/c1-13-11-18(7-10-23(20,21)12-13)15(19)17-14-3-2-4-16(14)5-8-22-9-6-16/h13-14H,2-12H2,1H3,(H,17,19)/t13-,14+/m0/s1. The highest BCUT2D eigenvalue weighted by molar-refractivity contribution is 7.91. The van der Waals surface area contributed by atoms with Crippen molar-refractivity contribution in [3.8, 4) is 0 Å². The van der Waals surface area contributed by atoms with Crippen molar-refractivity contribution in [2.45, 2.75) is 45.1 Å². The highest BCUT2D eigenvalue weighted by atomic mass is 32.2. The predicted molar refractivity (Wildman–Crippen MR) is 88.0 cm³/mol. The number of ether oxygens (including phenoxy) is 1. The van der Waals surface area contributed by atoms with Gasteiger partial charge < -0.3 is 15.0 Å². The molecule has 1 saturated carbocycles. The molecule has 6 nitrogen and oxygen atoms in total. The van der Waals surface area contributed by atoms with Crippen molar-refractivity contribution in [1.82, 2.24) is 10.2 Å². The zero-order chi connectivity index (χ0) is 16.5. The third kappa shape index (κ3) is 3.82. The van der Waals surface area contributed by atoms with E-state index >= 15 is 0 Å². The van der Waals surface area contributed by atoms with Crippen molar-refractivity contribution in [3.63, 3.8) is 0 Å². The zero-order valence-corrected chi connectivity index (χ0v) is 14.7. The lowest BCUT2D eigenvalue weighted by molar-refractivity contribution is 0.00543. The lowest BCUT2D eigenvalue weighted by atomic mass is 9.75. The summed E-state index contributed by atoms with van der Waals surface area (Å²) in [5.74, 6) is 0.254. The van der Waals surface area contributed by atoms with Crippen LogP contribution in [0, 0.1) is 11.3 Å². The Balaban J connectivity index is 1.64. The van der Waals surface area contributed by atoms with Crippen LogP contribution in [0.3, 0.4) is 0 Å². The van der Waals surface area contributed by atoms with E-state index in [0.717, 1.165) is 45.3 Å². The molecule has 3 fully saturated rings. The van der Waals surface area contributed by atoms with Crippen molar-refractivity contribution >= 4 is 15.9 Å². The largest absolute Gasteiger partial charge is 0.381 e. The number of rotatable bonds is 1. The van der Waals surface area contributed by atoms with E-state index in [0.29, 0.717) is 13.1 Å². The molecule has 23 heavy (non-hydrogen) atoms. The number of nitrogens with zero attached hydrogens (tertiary/aromatic N) is 1. The van der Waals surface area contributed by atoms with Gasteiger partial charge in [-0.25, -0.2) is 13.2 Å². The molecule has 0 aromatic heterocycles. The SMILES string of the molecule is C[C@H]1CN(C(=O)N[C@@H]2CCCC23CCOCC3)CCS(=O)(=O)C1. The van der Waals surface area contributed by atoms with E-state index in [-0.39, 0.29) is 34.9 Å². The van der Waals surface area contributed by atoms with E-state index < -0.39 is 9.84 Å². The minimum Gasteiger partial charge on any atom is -0.381 e. The van der Waals surface area contributed by atoms with E-state index in [2.05, 4.69) is 5.32 Å². The van der Waals surface area contributed by atoms with Gasteiger partial charge in [0.25, 0.3) is 0 Å². The van der Waals surface area contributed by atoms with Crippen LogP contribution < -0.4 is 5.32 Å². The zero-order valence-electron chi connectivity index (χ0n) is 13.9. The molecule has 0 aromatic rings. The molecule has 2 saturated heterocycles. The van der Waals surface area contributed by atoms with Crippen molar-refractivity contribution < 1.29 is 17.9 Å². The van der Waals surface area contributed by atoms with Gasteiger partial charge in [0, 0.05) is 32.3 Å². The molecule has 1 aliphatic carbocycles. The minimum absolute atomic E-state index is 0.00568. The fraction of sp³-hybridized carbons (Fsp3) is 0.938. The Labute approximate surface area is 138 Å². The smallest absolute Gasteiger partial charge is 0.317 e. The van der Waals surface area contributed by atoms with Gasteiger partial charge in [0.05, 0.1) is 11.5 Å². The van der Waals surface area contributed by atoms with Gasteiger partial charge in [-0.05, 0) is 37.0 Å². The van der Waals surface area contributed by atoms with Gasteiger partial charge in [-0.2, -0.15) is 0 Å². The summed E-state index contributed by atoms with van der Waals surface area (Å²) < 4.78 is 29.2. The molecule has 1 N–H and O–H groups in total. The fourth-order valence-corrected chi connectivity index (χ4v) is 6.09. The fourth-order valence-electron chi connectivity index (χ4n) is 4.45. The predicted octanol–water partition coefficient (Wildman–Crippen LogP) is 1.41. The Morgan fingerprint density at radius 1 is 1.26 bits per heavy atom. The molecule has 0 radical (unpaired) electrons. The molecule has 7 heteroatoms. The minimum atomic E-state index is -3.03. The number of hydrogen-bond donors (Lipinski definition) is 1. The number of urea groups is 1. The van der Waals surface area contributed by atoms with Gasteiger partial charge in [0.1, 0.15) is 0 Å². The average molecular weight is 344 g/mol. The van der Waals surface area contributed by atoms with E-state index in [1.165, 1.54) is 0 Å². The molecule has 132 valence electrons. The normalized spacial score (nSPS) is 33.3. The van der Waals surface area contributed by atoms with Crippen molar-refractivity contribution in [3.05, 3.63) is 0 Å². The summed E-state index contributed by atoms with van der Waals surface area (Å²) in [4.78, 5) is 14.4. The van der Waals surface area contributed by atoms with Crippen molar-refractivity contribution in [2.24, 2.45) is 11.3 Å². The first-order chi connectivity index (χ1) is 10.9. The molecule has 2 amide bonds. The Kier molecular flexibility index (Phi) is 4.88. The number of hydrogen-bond acceptors (Lipinski definition) is 4. The average Bonchev–Trinajstić information content (AvgIpc) is 2.78. The molecule has 0 aromatic carbocycles. The lowest BCUT2D eigenvalue weighted by Gasteiger charge is -2.40. The maximum absolute atomic E-state index is 12.7. The van der Waals surface area contributed by atoms with Gasteiger partial charge in [0.2, 0.25) is 0 Å². The molecule has 2 heterocycles. The molecule has 3 aliphatic rings. The molecule has 1 spiro atoms. The van der Waals surface area contributed by atoms with Crippen LogP contribution in [0.15, 0.2) is 0 Å². The summed E-state index contributed by atoms with van der Waals surface area (Å²) in [6.45, 7) is 4.30. The number of amides is 2. The first-order valence-corrected chi connectivity index (χ1v) is 10.6. The Bertz CT molecular complexity index is 542. The highest BCUT2D eigenvalue weighted by Gasteiger charge is 2.45. The molecule has 3 rings (SSSR count). The number of carbonyl (C=O) groups excluding carboxylic acids is 1. The van der Waals surface area contributed by atoms with Gasteiger partial charge >= 0.3 is 6.03 Å². The third-order valence-corrected chi connectivity index (χ3v) is 7.60. The summed E-state index contributed by atoms with van der Waals surface area (Å²) in [6, 6.07) is 0.112. The van der Waals surface area contributed by atoms with Gasteiger partial charge in [-0.1, -0.05) is 13.3 Å². The van der Waals surface area contributed by atoms with E-state index in [1.54, 1.807) is 4.90 Å². The van der Waals surface area contributed by atoms with E-state index in [4.69, 9.17) is 4.74 Å². The van der Waals surface area contributed by atoms with Gasteiger partial charge in [-0.15, -0.1) is 0 Å². The maximum Gasteiger partial charge on any atom is 0.317 e. The molecule has 2 aliphatic heterocycles. The summed E-state index contributed by atoms with van der Waals surface area (Å²) >= 11 is 0. The van der Waals surface area contributed by atoms with E-state index in [1.807, 2.05) is 6.92 Å². The Hall–Kier alpha value is -0.820. The van der Waals surface area contributed by atoms with Crippen LogP contribution in [-0.2, 0) is 14.6 Å². The molecular weight excluding hydrogens is 316 g/mol. The van der Waals surface area contributed by atoms with Gasteiger partial charge in [-0.3, -0.25) is 0 Å².